The molecule has 0 unspecified atom stereocenters. The van der Waals surface area contributed by atoms with Gasteiger partial charge in [-0.1, -0.05) is 12.1 Å². The molecule has 100 valence electrons. The number of aliphatic hydroxyl groups excluding tert-OH is 1. The second-order valence-corrected chi connectivity index (χ2v) is 4.22. The molecule has 4 heteroatoms. The molecule has 0 saturated heterocycles. The first-order chi connectivity index (χ1) is 9.19. The number of aliphatic hydroxyl groups is 1. The number of rotatable bonds is 4. The van der Waals surface area contributed by atoms with Crippen molar-refractivity contribution in [1.29, 1.82) is 0 Å². The second-order valence-electron chi connectivity index (χ2n) is 4.22. The Morgan fingerprint density at radius 2 is 1.89 bits per heavy atom. The molecule has 2 aromatic rings. The van der Waals surface area contributed by atoms with Crippen molar-refractivity contribution in [3.63, 3.8) is 0 Å². The molecule has 1 N–H and O–H groups in total. The number of nitrogens with zero attached hydrogens (tertiary/aromatic N) is 1. The third kappa shape index (κ3) is 2.53. The summed E-state index contributed by atoms with van der Waals surface area (Å²) >= 11 is 0. The van der Waals surface area contributed by atoms with E-state index in [1.54, 1.807) is 38.7 Å². The maximum atomic E-state index is 10.5. The van der Waals surface area contributed by atoms with Crippen molar-refractivity contribution < 1.29 is 14.6 Å². The molecule has 0 amide bonds. The fraction of sp³-hybridized carbons (Fsp3) is 0.267. The normalized spacial score (nSPS) is 12.0. The van der Waals surface area contributed by atoms with Crippen molar-refractivity contribution in [2.45, 2.75) is 13.0 Å². The van der Waals surface area contributed by atoms with Gasteiger partial charge in [-0.2, -0.15) is 0 Å². The van der Waals surface area contributed by atoms with E-state index in [4.69, 9.17) is 9.47 Å². The monoisotopic (exact) mass is 259 g/mol. The molecule has 1 aromatic carbocycles. The highest BCUT2D eigenvalue weighted by atomic mass is 16.5. The number of methoxy groups -OCH3 is 2. The lowest BCUT2D eigenvalue weighted by molar-refractivity contribution is 0.212. The van der Waals surface area contributed by atoms with Gasteiger partial charge >= 0.3 is 0 Å². The van der Waals surface area contributed by atoms with Crippen LogP contribution in [0.2, 0.25) is 0 Å². The summed E-state index contributed by atoms with van der Waals surface area (Å²) in [5.74, 6) is 1.15. The summed E-state index contributed by atoms with van der Waals surface area (Å²) in [5, 5.41) is 10.5. The summed E-state index contributed by atoms with van der Waals surface area (Å²) in [7, 11) is 3.14. The first kappa shape index (κ1) is 13.4. The molecule has 0 bridgehead atoms. The van der Waals surface area contributed by atoms with Gasteiger partial charge in [-0.05, 0) is 30.2 Å². The van der Waals surface area contributed by atoms with Gasteiger partial charge in [-0.3, -0.25) is 4.98 Å². The van der Waals surface area contributed by atoms with Gasteiger partial charge in [0.15, 0.2) is 11.5 Å². The first-order valence-corrected chi connectivity index (χ1v) is 5.98. The van der Waals surface area contributed by atoms with E-state index in [0.29, 0.717) is 17.1 Å². The maximum absolute atomic E-state index is 10.5. The third-order valence-electron chi connectivity index (χ3n) is 3.09. The van der Waals surface area contributed by atoms with Crippen molar-refractivity contribution in [1.82, 2.24) is 4.98 Å². The summed E-state index contributed by atoms with van der Waals surface area (Å²) in [6, 6.07) is 7.26. The minimum Gasteiger partial charge on any atom is -0.493 e. The minimum atomic E-state index is -0.770. The van der Waals surface area contributed by atoms with Gasteiger partial charge in [0, 0.05) is 18.0 Å². The fourth-order valence-electron chi connectivity index (χ4n) is 2.09. The van der Waals surface area contributed by atoms with Crippen LogP contribution in [0.3, 0.4) is 0 Å². The Bertz CT molecular complexity index is 569. The zero-order chi connectivity index (χ0) is 13.8. The number of hydrogen-bond acceptors (Lipinski definition) is 4. The Balaban J connectivity index is 2.50. The van der Waals surface area contributed by atoms with Crippen LogP contribution >= 0.6 is 0 Å². The largest absolute Gasteiger partial charge is 0.493 e. The molecular weight excluding hydrogens is 242 g/mol. The maximum Gasteiger partial charge on any atom is 0.166 e. The van der Waals surface area contributed by atoms with Crippen molar-refractivity contribution in [2.75, 3.05) is 14.2 Å². The molecule has 0 aliphatic carbocycles. The van der Waals surface area contributed by atoms with Crippen molar-refractivity contribution in [2.24, 2.45) is 0 Å². The molecule has 0 fully saturated rings. The molecule has 1 heterocycles. The van der Waals surface area contributed by atoms with Crippen LogP contribution in [-0.2, 0) is 0 Å². The highest BCUT2D eigenvalue weighted by Gasteiger charge is 2.19. The van der Waals surface area contributed by atoms with Crippen LogP contribution in [0, 0.1) is 6.92 Å². The Hall–Kier alpha value is -2.07. The lowest BCUT2D eigenvalue weighted by Crippen LogP contribution is -2.05. The predicted octanol–water partition coefficient (Wildman–Crippen LogP) is 2.49. The van der Waals surface area contributed by atoms with E-state index in [1.165, 1.54) is 0 Å². The highest BCUT2D eigenvalue weighted by molar-refractivity contribution is 5.50. The van der Waals surface area contributed by atoms with E-state index in [-0.39, 0.29) is 0 Å². The van der Waals surface area contributed by atoms with Crippen LogP contribution in [0.5, 0.6) is 11.5 Å². The van der Waals surface area contributed by atoms with E-state index in [0.717, 1.165) is 11.1 Å². The molecule has 4 nitrogen and oxygen atoms in total. The molecule has 0 aliphatic heterocycles. The number of aryl methyl sites for hydroxylation is 1. The lowest BCUT2D eigenvalue weighted by atomic mass is 9.98. The van der Waals surface area contributed by atoms with Gasteiger partial charge in [0.25, 0.3) is 0 Å². The molecule has 0 spiro atoms. The van der Waals surface area contributed by atoms with Gasteiger partial charge in [-0.15, -0.1) is 0 Å². The van der Waals surface area contributed by atoms with Crippen molar-refractivity contribution in [3.05, 3.63) is 53.3 Å². The van der Waals surface area contributed by atoms with Gasteiger partial charge < -0.3 is 14.6 Å². The number of pyridine rings is 1. The average molecular weight is 259 g/mol. The van der Waals surface area contributed by atoms with Crippen LogP contribution < -0.4 is 9.47 Å². The standard InChI is InChI=1S/C15H17NO3/c1-10-9-16-8-7-11(10)14(17)12-5-4-6-13(18-2)15(12)19-3/h4-9,14,17H,1-3H3/t14-/m0/s1. The minimum absolute atomic E-state index is 0.550. The number of benzene rings is 1. The smallest absolute Gasteiger partial charge is 0.166 e. The molecule has 0 saturated carbocycles. The first-order valence-electron chi connectivity index (χ1n) is 5.98. The quantitative estimate of drug-likeness (QED) is 0.916. The second kappa shape index (κ2) is 5.71. The topological polar surface area (TPSA) is 51.6 Å². The van der Waals surface area contributed by atoms with Gasteiger partial charge in [0.05, 0.1) is 14.2 Å². The number of hydrogen-bond donors (Lipinski definition) is 1. The molecule has 0 aliphatic rings. The summed E-state index contributed by atoms with van der Waals surface area (Å²) < 4.78 is 10.6. The highest BCUT2D eigenvalue weighted by Crippen LogP contribution is 2.37. The zero-order valence-electron chi connectivity index (χ0n) is 11.3. The molecular formula is C15H17NO3. The summed E-state index contributed by atoms with van der Waals surface area (Å²) in [6.45, 7) is 1.91. The fourth-order valence-corrected chi connectivity index (χ4v) is 2.09. The molecule has 2 rings (SSSR count). The molecule has 1 aromatic heterocycles. The Labute approximate surface area is 112 Å². The zero-order valence-corrected chi connectivity index (χ0v) is 11.3. The Kier molecular flexibility index (Phi) is 4.02. The number of para-hydroxylation sites is 1. The van der Waals surface area contributed by atoms with E-state index < -0.39 is 6.10 Å². The summed E-state index contributed by atoms with van der Waals surface area (Å²) in [6.07, 6.45) is 2.62. The van der Waals surface area contributed by atoms with Crippen LogP contribution in [-0.4, -0.2) is 24.3 Å². The molecule has 0 radical (unpaired) electrons. The van der Waals surface area contributed by atoms with Crippen molar-refractivity contribution in [3.8, 4) is 11.5 Å². The van der Waals surface area contributed by atoms with E-state index in [9.17, 15) is 5.11 Å². The number of ether oxygens (including phenoxy) is 2. The summed E-state index contributed by atoms with van der Waals surface area (Å²) in [5.41, 5.74) is 2.41. The van der Waals surface area contributed by atoms with Gasteiger partial charge in [-0.25, -0.2) is 0 Å². The SMILES string of the molecule is COc1cccc([C@@H](O)c2ccncc2C)c1OC. The molecule has 1 atom stereocenters. The van der Waals surface area contributed by atoms with Crippen LogP contribution in [0.15, 0.2) is 36.7 Å². The predicted molar refractivity (Wildman–Crippen MR) is 72.6 cm³/mol. The summed E-state index contributed by atoms with van der Waals surface area (Å²) in [4.78, 5) is 4.03. The van der Waals surface area contributed by atoms with Crippen LogP contribution in [0.4, 0.5) is 0 Å². The van der Waals surface area contributed by atoms with E-state index >= 15 is 0 Å². The lowest BCUT2D eigenvalue weighted by Gasteiger charge is -2.18. The Morgan fingerprint density at radius 1 is 1.11 bits per heavy atom. The average Bonchev–Trinajstić information content (AvgIpc) is 2.46. The van der Waals surface area contributed by atoms with E-state index in [1.807, 2.05) is 19.1 Å². The number of aromatic nitrogens is 1. The van der Waals surface area contributed by atoms with Gasteiger partial charge in [0.2, 0.25) is 0 Å². The van der Waals surface area contributed by atoms with Crippen LogP contribution in [0.25, 0.3) is 0 Å². The van der Waals surface area contributed by atoms with Crippen LogP contribution in [0.1, 0.15) is 22.8 Å². The van der Waals surface area contributed by atoms with Crippen molar-refractivity contribution >= 4 is 0 Å². The van der Waals surface area contributed by atoms with E-state index in [2.05, 4.69) is 4.98 Å². The van der Waals surface area contributed by atoms with Gasteiger partial charge in [0.1, 0.15) is 6.10 Å². The third-order valence-corrected chi connectivity index (χ3v) is 3.09. The molecule has 19 heavy (non-hydrogen) atoms. The Morgan fingerprint density at radius 3 is 2.53 bits per heavy atom.